The van der Waals surface area contributed by atoms with Gasteiger partial charge in [0, 0.05) is 0 Å². The van der Waals surface area contributed by atoms with E-state index in [1.807, 2.05) is 0 Å². The maximum absolute atomic E-state index is 5.46. The number of hydrogen-bond donors (Lipinski definition) is 1. The van der Waals surface area contributed by atoms with Crippen molar-refractivity contribution in [1.82, 2.24) is 0 Å². The van der Waals surface area contributed by atoms with Crippen LogP contribution in [0.15, 0.2) is 12.2 Å². The third-order valence-electron chi connectivity index (χ3n) is 3.22. The molecule has 0 aromatic rings. The molecule has 0 rings (SSSR count). The molecule has 1 nitrogen and oxygen atoms in total. The van der Waals surface area contributed by atoms with Crippen molar-refractivity contribution in [3.05, 3.63) is 12.2 Å². The molecule has 0 saturated carbocycles. The second-order valence-corrected chi connectivity index (χ2v) is 5.02. The molecule has 17 heavy (non-hydrogen) atoms. The quantitative estimate of drug-likeness (QED) is 0.347. The molecule has 0 atom stereocenters. The van der Waals surface area contributed by atoms with Crippen LogP contribution in [0.3, 0.4) is 0 Å². The van der Waals surface area contributed by atoms with E-state index in [9.17, 15) is 0 Å². The zero-order valence-electron chi connectivity index (χ0n) is 11.9. The highest BCUT2D eigenvalue weighted by Crippen LogP contribution is 2.08. The first kappa shape index (κ1) is 16.7. The van der Waals surface area contributed by atoms with Gasteiger partial charge in [-0.3, -0.25) is 0 Å². The van der Waals surface area contributed by atoms with Gasteiger partial charge in [0.25, 0.3) is 0 Å². The number of allylic oxidation sites excluding steroid dienone is 2. The summed E-state index contributed by atoms with van der Waals surface area (Å²) in [5.41, 5.74) is 5.46. The van der Waals surface area contributed by atoms with Gasteiger partial charge in [0.15, 0.2) is 0 Å². The van der Waals surface area contributed by atoms with Gasteiger partial charge in [-0.15, -0.1) is 0 Å². The number of rotatable bonds is 13. The van der Waals surface area contributed by atoms with Crippen molar-refractivity contribution in [3.8, 4) is 0 Å². The van der Waals surface area contributed by atoms with Crippen LogP contribution in [0.4, 0.5) is 0 Å². The molecule has 0 saturated heterocycles. The third kappa shape index (κ3) is 15.7. The van der Waals surface area contributed by atoms with E-state index in [1.54, 1.807) is 0 Å². The zero-order valence-corrected chi connectivity index (χ0v) is 11.9. The fourth-order valence-corrected chi connectivity index (χ4v) is 2.04. The smallest absolute Gasteiger partial charge is 0.00773 e. The van der Waals surface area contributed by atoms with Crippen LogP contribution in [0, 0.1) is 0 Å². The number of hydrogen-bond acceptors (Lipinski definition) is 1. The lowest BCUT2D eigenvalue weighted by molar-refractivity contribution is 0.600. The summed E-state index contributed by atoms with van der Waals surface area (Å²) in [5, 5.41) is 0. The Morgan fingerprint density at radius 2 is 1.12 bits per heavy atom. The molecule has 0 unspecified atom stereocenters. The van der Waals surface area contributed by atoms with Gasteiger partial charge in [0.05, 0.1) is 0 Å². The van der Waals surface area contributed by atoms with Crippen molar-refractivity contribution in [2.24, 2.45) is 5.73 Å². The molecule has 2 N–H and O–H groups in total. The van der Waals surface area contributed by atoms with E-state index in [1.165, 1.54) is 77.0 Å². The highest BCUT2D eigenvalue weighted by Gasteiger charge is 1.89. The minimum atomic E-state index is 0.862. The Balaban J connectivity index is 2.99. The van der Waals surface area contributed by atoms with Crippen molar-refractivity contribution < 1.29 is 0 Å². The molecule has 0 amide bonds. The maximum atomic E-state index is 5.46. The standard InChI is InChI=1S/C16H33N/c1-2-3-4-5-6-7-8-9-10-11-12-13-14-15-16-17/h7-8H,2-6,9-17H2,1H3/b8-7+. The lowest BCUT2D eigenvalue weighted by atomic mass is 10.1. The SMILES string of the molecule is CCCCCC/C=C/CCCCCCCCN. The van der Waals surface area contributed by atoms with E-state index in [0.29, 0.717) is 0 Å². The van der Waals surface area contributed by atoms with Gasteiger partial charge in [0.2, 0.25) is 0 Å². The highest BCUT2D eigenvalue weighted by molar-refractivity contribution is 4.81. The Kier molecular flexibility index (Phi) is 15.4. The van der Waals surface area contributed by atoms with Crippen molar-refractivity contribution in [2.45, 2.75) is 84.0 Å². The fraction of sp³-hybridized carbons (Fsp3) is 0.875. The minimum absolute atomic E-state index is 0.862. The molecule has 0 spiro atoms. The second-order valence-electron chi connectivity index (χ2n) is 5.02. The summed E-state index contributed by atoms with van der Waals surface area (Å²) in [6.45, 7) is 3.13. The molecule has 0 aliphatic rings. The van der Waals surface area contributed by atoms with Gasteiger partial charge >= 0.3 is 0 Å². The van der Waals surface area contributed by atoms with Gasteiger partial charge in [-0.1, -0.05) is 64.0 Å². The molecule has 0 aromatic heterocycles. The van der Waals surface area contributed by atoms with Gasteiger partial charge in [-0.25, -0.2) is 0 Å². The van der Waals surface area contributed by atoms with Crippen LogP contribution in [0.25, 0.3) is 0 Å². The molecule has 0 radical (unpaired) electrons. The fourth-order valence-electron chi connectivity index (χ4n) is 2.04. The van der Waals surface area contributed by atoms with E-state index in [0.717, 1.165) is 6.54 Å². The van der Waals surface area contributed by atoms with Crippen molar-refractivity contribution in [1.29, 1.82) is 0 Å². The zero-order chi connectivity index (χ0) is 12.6. The molecule has 0 bridgehead atoms. The van der Waals surface area contributed by atoms with E-state index < -0.39 is 0 Å². The maximum Gasteiger partial charge on any atom is -0.00773 e. The Hall–Kier alpha value is -0.300. The number of nitrogens with two attached hydrogens (primary N) is 1. The van der Waals surface area contributed by atoms with Crippen molar-refractivity contribution >= 4 is 0 Å². The summed E-state index contributed by atoms with van der Waals surface area (Å²) in [5.74, 6) is 0. The van der Waals surface area contributed by atoms with Crippen LogP contribution >= 0.6 is 0 Å². The van der Waals surface area contributed by atoms with Crippen molar-refractivity contribution in [2.75, 3.05) is 6.54 Å². The topological polar surface area (TPSA) is 26.0 Å². The average Bonchev–Trinajstić information content (AvgIpc) is 2.35. The largest absolute Gasteiger partial charge is 0.330 e. The van der Waals surface area contributed by atoms with Crippen LogP contribution < -0.4 is 5.73 Å². The van der Waals surface area contributed by atoms with Crippen molar-refractivity contribution in [3.63, 3.8) is 0 Å². The normalized spacial score (nSPS) is 11.4. The van der Waals surface area contributed by atoms with Crippen LogP contribution in [-0.4, -0.2) is 6.54 Å². The summed E-state index contributed by atoms with van der Waals surface area (Å²) in [7, 11) is 0. The molecule has 0 heterocycles. The molecule has 102 valence electrons. The molecule has 0 aromatic carbocycles. The first-order valence-corrected chi connectivity index (χ1v) is 7.77. The van der Waals surface area contributed by atoms with Gasteiger partial charge in [-0.05, 0) is 38.6 Å². The Morgan fingerprint density at radius 1 is 0.647 bits per heavy atom. The first-order valence-electron chi connectivity index (χ1n) is 7.77. The molecule has 0 fully saturated rings. The molecular weight excluding hydrogens is 206 g/mol. The summed E-state index contributed by atoms with van der Waals surface area (Å²) >= 11 is 0. The number of unbranched alkanes of at least 4 members (excludes halogenated alkanes) is 10. The van der Waals surface area contributed by atoms with Crippen LogP contribution in [-0.2, 0) is 0 Å². The summed E-state index contributed by atoms with van der Waals surface area (Å²) in [4.78, 5) is 0. The lowest BCUT2D eigenvalue weighted by Crippen LogP contribution is -1.97. The lowest BCUT2D eigenvalue weighted by Gasteiger charge is -1.99. The Bertz CT molecular complexity index is 152. The molecule has 0 aliphatic carbocycles. The molecule has 0 aliphatic heterocycles. The molecular formula is C16H33N. The van der Waals surface area contributed by atoms with Gasteiger partial charge < -0.3 is 5.73 Å². The van der Waals surface area contributed by atoms with E-state index in [4.69, 9.17) is 5.73 Å². The van der Waals surface area contributed by atoms with Crippen LogP contribution in [0.1, 0.15) is 84.0 Å². The van der Waals surface area contributed by atoms with E-state index >= 15 is 0 Å². The highest BCUT2D eigenvalue weighted by atomic mass is 14.5. The summed E-state index contributed by atoms with van der Waals surface area (Å²) in [6, 6.07) is 0. The monoisotopic (exact) mass is 239 g/mol. The Labute approximate surface area is 109 Å². The van der Waals surface area contributed by atoms with Crippen LogP contribution in [0.2, 0.25) is 0 Å². The summed E-state index contributed by atoms with van der Waals surface area (Å²) in [6.07, 6.45) is 20.9. The predicted octanol–water partition coefficient (Wildman–Crippen LogP) is 5.20. The van der Waals surface area contributed by atoms with Crippen LogP contribution in [0.5, 0.6) is 0 Å². The average molecular weight is 239 g/mol. The van der Waals surface area contributed by atoms with Gasteiger partial charge in [-0.2, -0.15) is 0 Å². The Morgan fingerprint density at radius 3 is 1.65 bits per heavy atom. The van der Waals surface area contributed by atoms with E-state index in [2.05, 4.69) is 19.1 Å². The van der Waals surface area contributed by atoms with E-state index in [-0.39, 0.29) is 0 Å². The van der Waals surface area contributed by atoms with Gasteiger partial charge in [0.1, 0.15) is 0 Å². The first-order chi connectivity index (χ1) is 8.41. The predicted molar refractivity (Wildman–Crippen MR) is 79.3 cm³/mol. The molecule has 1 heteroatoms. The second kappa shape index (κ2) is 15.7. The summed E-state index contributed by atoms with van der Waals surface area (Å²) < 4.78 is 0. The minimum Gasteiger partial charge on any atom is -0.330 e. The third-order valence-corrected chi connectivity index (χ3v) is 3.22.